The summed E-state index contributed by atoms with van der Waals surface area (Å²) < 4.78 is 29.7. The van der Waals surface area contributed by atoms with Gasteiger partial charge in [0.05, 0.1) is 0 Å². The summed E-state index contributed by atoms with van der Waals surface area (Å²) in [6.07, 6.45) is -0.182. The quantitative estimate of drug-likeness (QED) is 0.498. The molecule has 0 spiro atoms. The molecule has 1 N–H and O–H groups in total. The van der Waals surface area contributed by atoms with E-state index in [1.165, 1.54) is 0 Å². The van der Waals surface area contributed by atoms with Gasteiger partial charge in [0, 0.05) is 12.8 Å². The van der Waals surface area contributed by atoms with Crippen molar-refractivity contribution in [1.82, 2.24) is 5.06 Å². The molecule has 8 nitrogen and oxygen atoms in total. The first-order valence-electron chi connectivity index (χ1n) is 4.27. The van der Waals surface area contributed by atoms with Gasteiger partial charge in [-0.3, -0.25) is 14.1 Å². The van der Waals surface area contributed by atoms with Gasteiger partial charge >= 0.3 is 5.97 Å². The number of carbonyl (C=O) groups excluding carboxylic acids is 3. The zero-order valence-electron chi connectivity index (χ0n) is 8.24. The second kappa shape index (κ2) is 4.18. The van der Waals surface area contributed by atoms with Crippen LogP contribution in [0.2, 0.25) is 0 Å². The molecule has 9 heteroatoms. The SMILES string of the molecule is CC(C(=O)ON1C(=O)CCC1=O)S(=O)(=O)O. The van der Waals surface area contributed by atoms with Gasteiger partial charge in [0.2, 0.25) is 0 Å². The Balaban J connectivity index is 2.72. The van der Waals surface area contributed by atoms with E-state index in [4.69, 9.17) is 4.55 Å². The van der Waals surface area contributed by atoms with Crippen LogP contribution in [0.4, 0.5) is 0 Å². The molecule has 0 radical (unpaired) electrons. The van der Waals surface area contributed by atoms with Gasteiger partial charge < -0.3 is 4.84 Å². The third-order valence-electron chi connectivity index (χ3n) is 1.97. The van der Waals surface area contributed by atoms with Crippen molar-refractivity contribution >= 4 is 27.9 Å². The maximum absolute atomic E-state index is 11.1. The Hall–Kier alpha value is -1.48. The molecule has 1 unspecified atom stereocenters. The van der Waals surface area contributed by atoms with Gasteiger partial charge in [-0.15, -0.1) is 5.06 Å². The van der Waals surface area contributed by atoms with Crippen LogP contribution in [-0.2, 0) is 29.3 Å². The van der Waals surface area contributed by atoms with E-state index in [0.29, 0.717) is 0 Å². The van der Waals surface area contributed by atoms with Crippen molar-refractivity contribution in [3.8, 4) is 0 Å². The fourth-order valence-electron chi connectivity index (χ4n) is 0.944. The van der Waals surface area contributed by atoms with Crippen molar-refractivity contribution < 1.29 is 32.2 Å². The number of hydrogen-bond donors (Lipinski definition) is 1. The second-order valence-electron chi connectivity index (χ2n) is 3.15. The van der Waals surface area contributed by atoms with Crippen LogP contribution in [0.15, 0.2) is 0 Å². The summed E-state index contributed by atoms with van der Waals surface area (Å²) in [5.41, 5.74) is 0. The van der Waals surface area contributed by atoms with E-state index < -0.39 is 33.2 Å². The van der Waals surface area contributed by atoms with Crippen molar-refractivity contribution in [2.24, 2.45) is 0 Å². The summed E-state index contributed by atoms with van der Waals surface area (Å²) in [6, 6.07) is 0. The topological polar surface area (TPSA) is 118 Å². The van der Waals surface area contributed by atoms with E-state index in [2.05, 4.69) is 4.84 Å². The number of amides is 2. The molecule has 1 fully saturated rings. The minimum absolute atomic E-state index is 0.0909. The molecular formula is C7H9NO7S. The number of hydrogen-bond acceptors (Lipinski definition) is 6. The lowest BCUT2D eigenvalue weighted by Crippen LogP contribution is -2.38. The first-order chi connectivity index (χ1) is 7.23. The van der Waals surface area contributed by atoms with E-state index in [0.717, 1.165) is 6.92 Å². The average Bonchev–Trinajstić information content (AvgIpc) is 2.46. The van der Waals surface area contributed by atoms with E-state index in [9.17, 15) is 22.8 Å². The fraction of sp³-hybridized carbons (Fsp3) is 0.571. The molecule has 1 aliphatic rings. The molecule has 0 aliphatic carbocycles. The van der Waals surface area contributed by atoms with Crippen molar-refractivity contribution in [2.75, 3.05) is 0 Å². The zero-order chi connectivity index (χ0) is 12.5. The zero-order valence-corrected chi connectivity index (χ0v) is 9.06. The maximum atomic E-state index is 11.1. The second-order valence-corrected chi connectivity index (χ2v) is 4.89. The summed E-state index contributed by atoms with van der Waals surface area (Å²) in [5.74, 6) is -2.83. The molecule has 16 heavy (non-hydrogen) atoms. The summed E-state index contributed by atoms with van der Waals surface area (Å²) in [5, 5.41) is -1.64. The molecule has 1 aliphatic heterocycles. The van der Waals surface area contributed by atoms with Gasteiger partial charge in [-0.25, -0.2) is 4.79 Å². The predicted molar refractivity (Wildman–Crippen MR) is 48.2 cm³/mol. The molecule has 0 aromatic rings. The Labute approximate surface area is 90.9 Å². The molecule has 1 heterocycles. The van der Waals surface area contributed by atoms with Crippen LogP contribution in [0.1, 0.15) is 19.8 Å². The number of nitrogens with zero attached hydrogens (tertiary/aromatic N) is 1. The first kappa shape index (κ1) is 12.6. The van der Waals surface area contributed by atoms with E-state index in [-0.39, 0.29) is 17.9 Å². The molecule has 1 atom stereocenters. The smallest absolute Gasteiger partial charge is 0.329 e. The third-order valence-corrected chi connectivity index (χ3v) is 3.05. The van der Waals surface area contributed by atoms with Gasteiger partial charge in [-0.05, 0) is 6.92 Å². The monoisotopic (exact) mass is 251 g/mol. The lowest BCUT2D eigenvalue weighted by Gasteiger charge is -2.14. The largest absolute Gasteiger partial charge is 0.353 e. The van der Waals surface area contributed by atoms with E-state index >= 15 is 0 Å². The highest BCUT2D eigenvalue weighted by Crippen LogP contribution is 2.13. The Kier molecular flexibility index (Phi) is 3.29. The average molecular weight is 251 g/mol. The highest BCUT2D eigenvalue weighted by Gasteiger charge is 2.36. The normalized spacial score (nSPS) is 18.8. The molecular weight excluding hydrogens is 242 g/mol. The molecule has 2 amide bonds. The first-order valence-corrected chi connectivity index (χ1v) is 5.77. The van der Waals surface area contributed by atoms with Gasteiger partial charge in [0.25, 0.3) is 21.9 Å². The van der Waals surface area contributed by atoms with Crippen LogP contribution in [0.3, 0.4) is 0 Å². The van der Waals surface area contributed by atoms with Gasteiger partial charge in [-0.2, -0.15) is 8.42 Å². The third kappa shape index (κ3) is 2.55. The van der Waals surface area contributed by atoms with Gasteiger partial charge in [0.15, 0.2) is 5.25 Å². The van der Waals surface area contributed by atoms with Crippen molar-refractivity contribution in [2.45, 2.75) is 25.0 Å². The summed E-state index contributed by atoms with van der Waals surface area (Å²) >= 11 is 0. The standard InChI is InChI=1S/C7H9NO7S/c1-4(16(12,13)14)7(11)15-8-5(9)2-3-6(8)10/h4H,2-3H2,1H3,(H,12,13,14). The van der Waals surface area contributed by atoms with Gasteiger partial charge in [-0.1, -0.05) is 0 Å². The highest BCUT2D eigenvalue weighted by molar-refractivity contribution is 7.87. The Morgan fingerprint density at radius 3 is 2.19 bits per heavy atom. The minimum Gasteiger partial charge on any atom is -0.329 e. The summed E-state index contributed by atoms with van der Waals surface area (Å²) in [4.78, 5) is 37.4. The van der Waals surface area contributed by atoms with Crippen LogP contribution in [-0.4, -0.2) is 41.1 Å². The molecule has 0 aromatic carbocycles. The summed E-state index contributed by atoms with van der Waals surface area (Å²) in [6.45, 7) is 0.878. The number of imide groups is 1. The Bertz CT molecular complexity index is 424. The number of hydroxylamine groups is 2. The molecule has 1 rings (SSSR count). The minimum atomic E-state index is -4.60. The highest BCUT2D eigenvalue weighted by atomic mass is 32.2. The molecule has 0 saturated carbocycles. The van der Waals surface area contributed by atoms with Gasteiger partial charge in [0.1, 0.15) is 0 Å². The molecule has 90 valence electrons. The Morgan fingerprint density at radius 1 is 1.38 bits per heavy atom. The number of rotatable bonds is 3. The molecule has 0 aromatic heterocycles. The molecule has 0 bridgehead atoms. The van der Waals surface area contributed by atoms with Crippen LogP contribution in [0.25, 0.3) is 0 Å². The Morgan fingerprint density at radius 2 is 1.81 bits per heavy atom. The van der Waals surface area contributed by atoms with Crippen molar-refractivity contribution in [1.29, 1.82) is 0 Å². The van der Waals surface area contributed by atoms with Crippen LogP contribution in [0, 0.1) is 0 Å². The summed E-state index contributed by atoms with van der Waals surface area (Å²) in [7, 11) is -4.60. The van der Waals surface area contributed by atoms with Crippen LogP contribution in [0.5, 0.6) is 0 Å². The van der Waals surface area contributed by atoms with Crippen LogP contribution >= 0.6 is 0 Å². The predicted octanol–water partition coefficient (Wildman–Crippen LogP) is -1.13. The van der Waals surface area contributed by atoms with E-state index in [1.54, 1.807) is 0 Å². The lowest BCUT2D eigenvalue weighted by atomic mass is 10.4. The molecule has 1 saturated heterocycles. The number of carbonyl (C=O) groups is 3. The maximum Gasteiger partial charge on any atom is 0.353 e. The lowest BCUT2D eigenvalue weighted by molar-refractivity contribution is -0.197. The fourth-order valence-corrected chi connectivity index (χ4v) is 1.23. The van der Waals surface area contributed by atoms with Crippen molar-refractivity contribution in [3.63, 3.8) is 0 Å². The van der Waals surface area contributed by atoms with Crippen LogP contribution < -0.4 is 0 Å². The van der Waals surface area contributed by atoms with Crippen molar-refractivity contribution in [3.05, 3.63) is 0 Å². The van der Waals surface area contributed by atoms with E-state index in [1.807, 2.05) is 0 Å².